The van der Waals surface area contributed by atoms with Crippen LogP contribution in [0.25, 0.3) is 10.9 Å². The minimum atomic E-state index is -0.291. The molecule has 1 aromatic heterocycles. The van der Waals surface area contributed by atoms with Gasteiger partial charge < -0.3 is 21.5 Å². The van der Waals surface area contributed by atoms with Crippen molar-refractivity contribution in [1.29, 1.82) is 0 Å². The number of nitrogens with one attached hydrogen (secondary N) is 2. The average Bonchev–Trinajstić information content (AvgIpc) is 2.69. The van der Waals surface area contributed by atoms with E-state index in [0.717, 1.165) is 42.1 Å². The van der Waals surface area contributed by atoms with Crippen LogP contribution >= 0.6 is 24.8 Å². The first-order chi connectivity index (χ1) is 14.4. The molecule has 3 rings (SSSR count). The molecule has 32 heavy (non-hydrogen) atoms. The van der Waals surface area contributed by atoms with Gasteiger partial charge >= 0.3 is 0 Å². The molecule has 1 aliphatic carbocycles. The molecule has 1 aliphatic rings. The summed E-state index contributed by atoms with van der Waals surface area (Å²) >= 11 is 0. The molecule has 8 nitrogen and oxygen atoms in total. The molecule has 2 aromatic rings. The first kappa shape index (κ1) is 27.9. The van der Waals surface area contributed by atoms with E-state index in [1.54, 1.807) is 0 Å². The monoisotopic (exact) mass is 484 g/mol. The van der Waals surface area contributed by atoms with Crippen LogP contribution in [0.4, 0.5) is 5.82 Å². The van der Waals surface area contributed by atoms with E-state index >= 15 is 0 Å². The Hall–Kier alpha value is -2.16. The Balaban J connectivity index is 0.00000256. The minimum Gasteiger partial charge on any atom is -0.396 e. The lowest BCUT2D eigenvalue weighted by Crippen LogP contribution is -2.37. The first-order valence-corrected chi connectivity index (χ1v) is 10.7. The van der Waals surface area contributed by atoms with Crippen molar-refractivity contribution in [2.45, 2.75) is 71.0 Å². The zero-order valence-corrected chi connectivity index (χ0v) is 20.4. The number of fused-ring (bicyclic) bond motifs is 1. The van der Waals surface area contributed by atoms with E-state index < -0.39 is 0 Å². The number of aromatic nitrogens is 2. The maximum absolute atomic E-state index is 12.6. The number of amides is 1. The number of aryl methyl sites for hydroxylation is 1. The molecule has 1 aromatic carbocycles. The number of anilines is 1. The number of aliphatic hydroxyl groups is 1. The fraction of sp³-hybridized carbons (Fsp3) is 0.545. The minimum absolute atomic E-state index is 0. The van der Waals surface area contributed by atoms with Crippen LogP contribution in [0.1, 0.15) is 62.1 Å². The van der Waals surface area contributed by atoms with E-state index in [2.05, 4.69) is 25.6 Å². The second-order valence-electron chi connectivity index (χ2n) is 8.24. The quantitative estimate of drug-likeness (QED) is 0.352. The normalized spacial score (nSPS) is 18.6. The molecule has 0 radical (unpaired) electrons. The molecule has 1 fully saturated rings. The van der Waals surface area contributed by atoms with Crippen molar-refractivity contribution in [2.75, 3.05) is 11.9 Å². The van der Waals surface area contributed by atoms with Crippen LogP contribution in [0, 0.1) is 6.92 Å². The van der Waals surface area contributed by atoms with Crippen LogP contribution < -0.4 is 16.4 Å². The van der Waals surface area contributed by atoms with Gasteiger partial charge in [-0.3, -0.25) is 9.79 Å². The van der Waals surface area contributed by atoms with Crippen molar-refractivity contribution in [2.24, 2.45) is 10.7 Å². The number of benzene rings is 1. The third-order valence-electron chi connectivity index (χ3n) is 5.23. The number of carbonyl (C=O) groups is 1. The molecule has 10 heteroatoms. The number of aliphatic imine (C=N–C) groups is 1. The lowest BCUT2D eigenvalue weighted by molar-refractivity contribution is 0.0933. The number of halogens is 2. The number of carbonyl (C=O) groups excluding carboxylic acids is 1. The molecule has 178 valence electrons. The van der Waals surface area contributed by atoms with E-state index in [1.165, 1.54) is 0 Å². The van der Waals surface area contributed by atoms with Crippen molar-refractivity contribution in [3.63, 3.8) is 0 Å². The van der Waals surface area contributed by atoms with Crippen LogP contribution in [-0.4, -0.2) is 51.5 Å². The Kier molecular flexibility index (Phi) is 11.1. The number of hydrogen-bond donors (Lipinski definition) is 4. The van der Waals surface area contributed by atoms with Gasteiger partial charge in [0.15, 0.2) is 0 Å². The van der Waals surface area contributed by atoms with Crippen LogP contribution in [0.2, 0.25) is 0 Å². The van der Waals surface area contributed by atoms with Gasteiger partial charge in [0.1, 0.15) is 5.82 Å². The van der Waals surface area contributed by atoms with Gasteiger partial charge in [-0.2, -0.15) is 0 Å². The van der Waals surface area contributed by atoms with Crippen molar-refractivity contribution in [3.05, 3.63) is 29.6 Å². The third-order valence-corrected chi connectivity index (χ3v) is 5.23. The second kappa shape index (κ2) is 12.8. The molecule has 0 aliphatic heterocycles. The Morgan fingerprint density at radius 2 is 1.97 bits per heavy atom. The fourth-order valence-electron chi connectivity index (χ4n) is 3.78. The first-order valence-electron chi connectivity index (χ1n) is 10.7. The molecule has 2 atom stereocenters. The van der Waals surface area contributed by atoms with Gasteiger partial charge in [0.25, 0.3) is 5.91 Å². The standard InChI is InChI=1S/C22H32N6O2.2ClH/c1-13(2)24-22(30)21-26-16-9-8-14(3)12-15(16)20(28-21)27-18-7-5-4-6-17(18)25-19(23)10-11-29;;/h8-9,12-13,17-18,29H,4-7,10-11H2,1-3H3,(H2,23,25)(H,24,30)(H,26,27,28);2*1H/t17-,18+;;/m0../s1. The molecule has 5 N–H and O–H groups in total. The smallest absolute Gasteiger partial charge is 0.289 e. The molecule has 1 amide bonds. The summed E-state index contributed by atoms with van der Waals surface area (Å²) in [5.74, 6) is 0.973. The van der Waals surface area contributed by atoms with E-state index in [9.17, 15) is 4.79 Å². The summed E-state index contributed by atoms with van der Waals surface area (Å²) in [5, 5.41) is 16.4. The highest BCUT2D eigenvalue weighted by Gasteiger charge is 2.26. The molecule has 0 unspecified atom stereocenters. The Morgan fingerprint density at radius 1 is 1.25 bits per heavy atom. The maximum Gasteiger partial charge on any atom is 0.289 e. The Bertz CT molecular complexity index is 938. The van der Waals surface area contributed by atoms with E-state index in [0.29, 0.717) is 18.1 Å². The largest absolute Gasteiger partial charge is 0.396 e. The number of nitrogens with two attached hydrogens (primary N) is 1. The highest BCUT2D eigenvalue weighted by atomic mass is 35.5. The third kappa shape index (κ3) is 7.18. The van der Waals surface area contributed by atoms with Gasteiger partial charge in [0.05, 0.1) is 24.0 Å². The molecule has 0 bridgehead atoms. The topological polar surface area (TPSA) is 126 Å². The number of rotatable bonds is 7. The lowest BCUT2D eigenvalue weighted by atomic mass is 9.90. The van der Waals surface area contributed by atoms with E-state index in [1.807, 2.05) is 39.0 Å². The summed E-state index contributed by atoms with van der Waals surface area (Å²) in [4.78, 5) is 26.3. The van der Waals surface area contributed by atoms with Gasteiger partial charge in [0, 0.05) is 23.9 Å². The number of aliphatic hydroxyl groups excluding tert-OH is 1. The van der Waals surface area contributed by atoms with Crippen molar-refractivity contribution in [1.82, 2.24) is 15.3 Å². The van der Waals surface area contributed by atoms with Crippen LogP contribution in [0.5, 0.6) is 0 Å². The van der Waals surface area contributed by atoms with Crippen LogP contribution in [-0.2, 0) is 0 Å². The molecule has 1 heterocycles. The summed E-state index contributed by atoms with van der Waals surface area (Å²) in [6.07, 6.45) is 4.41. The molecular weight excluding hydrogens is 451 g/mol. The molecule has 1 saturated carbocycles. The summed E-state index contributed by atoms with van der Waals surface area (Å²) in [5.41, 5.74) is 7.80. The summed E-state index contributed by atoms with van der Waals surface area (Å²) in [6.45, 7) is 5.82. The fourth-order valence-corrected chi connectivity index (χ4v) is 3.78. The Morgan fingerprint density at radius 3 is 2.66 bits per heavy atom. The Labute approximate surface area is 201 Å². The predicted molar refractivity (Wildman–Crippen MR) is 134 cm³/mol. The van der Waals surface area contributed by atoms with E-state index in [-0.39, 0.29) is 61.3 Å². The van der Waals surface area contributed by atoms with Crippen molar-refractivity contribution >= 4 is 53.3 Å². The number of hydrogen-bond acceptors (Lipinski definition) is 6. The van der Waals surface area contributed by atoms with E-state index in [4.69, 9.17) is 10.8 Å². The molecule has 0 spiro atoms. The van der Waals surface area contributed by atoms with Gasteiger partial charge in [-0.1, -0.05) is 24.5 Å². The summed E-state index contributed by atoms with van der Waals surface area (Å²) in [6, 6.07) is 5.98. The molecule has 0 saturated heterocycles. The summed E-state index contributed by atoms with van der Waals surface area (Å²) in [7, 11) is 0. The highest BCUT2D eigenvalue weighted by Crippen LogP contribution is 2.28. The zero-order valence-electron chi connectivity index (χ0n) is 18.8. The summed E-state index contributed by atoms with van der Waals surface area (Å²) < 4.78 is 0. The molecular formula is C22H34Cl2N6O2. The van der Waals surface area contributed by atoms with Crippen LogP contribution in [0.3, 0.4) is 0 Å². The maximum atomic E-state index is 12.6. The predicted octanol–water partition coefficient (Wildman–Crippen LogP) is 3.38. The van der Waals surface area contributed by atoms with Crippen molar-refractivity contribution < 1.29 is 9.90 Å². The number of nitrogens with zero attached hydrogens (tertiary/aromatic N) is 3. The average molecular weight is 485 g/mol. The van der Waals surface area contributed by atoms with Crippen LogP contribution in [0.15, 0.2) is 23.2 Å². The van der Waals surface area contributed by atoms with Gasteiger partial charge in [-0.05, 0) is 45.7 Å². The lowest BCUT2D eigenvalue weighted by Gasteiger charge is -2.30. The van der Waals surface area contributed by atoms with Gasteiger partial charge in [-0.15, -0.1) is 24.8 Å². The van der Waals surface area contributed by atoms with Crippen molar-refractivity contribution in [3.8, 4) is 0 Å². The number of amidine groups is 1. The SMILES string of the molecule is Cc1ccc2nc(C(=O)NC(C)C)nc(N[C@@H]3CCCC[C@@H]3N=C(N)CCO)c2c1.Cl.Cl. The second-order valence-corrected chi connectivity index (χ2v) is 8.24. The highest BCUT2D eigenvalue weighted by molar-refractivity contribution is 5.96. The van der Waals surface area contributed by atoms with Gasteiger partial charge in [-0.25, -0.2) is 9.97 Å². The zero-order chi connectivity index (χ0) is 21.7. The van der Waals surface area contributed by atoms with Gasteiger partial charge in [0.2, 0.25) is 5.82 Å².